The summed E-state index contributed by atoms with van der Waals surface area (Å²) in [6.07, 6.45) is 1.30. The standard InChI is InChI=1S/C8H11N3O2S3/c12-11(13)7-4-10-8(16-7)9-3-6-5-14-1-2-15-6/h4,6H,1-3,5H2,(H,9,10). The lowest BCUT2D eigenvalue weighted by Gasteiger charge is -2.20. The maximum atomic E-state index is 10.5. The van der Waals surface area contributed by atoms with Crippen LogP contribution in [0.1, 0.15) is 0 Å². The molecule has 5 nitrogen and oxygen atoms in total. The van der Waals surface area contributed by atoms with Gasteiger partial charge in [0, 0.05) is 29.1 Å². The van der Waals surface area contributed by atoms with Gasteiger partial charge in [-0.05, 0) is 11.3 Å². The van der Waals surface area contributed by atoms with Gasteiger partial charge < -0.3 is 5.32 Å². The van der Waals surface area contributed by atoms with E-state index in [9.17, 15) is 10.1 Å². The van der Waals surface area contributed by atoms with E-state index in [1.165, 1.54) is 17.7 Å². The summed E-state index contributed by atoms with van der Waals surface area (Å²) in [6.45, 7) is 0.836. The molecule has 16 heavy (non-hydrogen) atoms. The van der Waals surface area contributed by atoms with Gasteiger partial charge in [0.15, 0.2) is 5.13 Å². The lowest BCUT2D eigenvalue weighted by molar-refractivity contribution is -0.380. The summed E-state index contributed by atoms with van der Waals surface area (Å²) in [6, 6.07) is 0. The molecule has 2 heterocycles. The predicted molar refractivity (Wildman–Crippen MR) is 70.8 cm³/mol. The SMILES string of the molecule is O=[N+]([O-])c1cnc(NCC2CSCCS2)s1. The van der Waals surface area contributed by atoms with Crippen LogP contribution in [0.3, 0.4) is 0 Å². The number of aromatic nitrogens is 1. The summed E-state index contributed by atoms with van der Waals surface area (Å²) in [7, 11) is 0. The van der Waals surface area contributed by atoms with E-state index in [4.69, 9.17) is 0 Å². The maximum absolute atomic E-state index is 10.5. The number of hydrogen-bond acceptors (Lipinski definition) is 7. The number of rotatable bonds is 4. The molecule has 1 aromatic heterocycles. The quantitative estimate of drug-likeness (QED) is 0.673. The fraction of sp³-hybridized carbons (Fsp3) is 0.625. The Labute approximate surface area is 106 Å². The Morgan fingerprint density at radius 1 is 1.62 bits per heavy atom. The van der Waals surface area contributed by atoms with E-state index in [1.54, 1.807) is 0 Å². The zero-order valence-electron chi connectivity index (χ0n) is 8.42. The van der Waals surface area contributed by atoms with Gasteiger partial charge in [-0.1, -0.05) is 0 Å². The van der Waals surface area contributed by atoms with Crippen LogP contribution in [0.4, 0.5) is 10.1 Å². The van der Waals surface area contributed by atoms with Crippen molar-refractivity contribution in [2.45, 2.75) is 5.25 Å². The van der Waals surface area contributed by atoms with E-state index < -0.39 is 4.92 Å². The molecular weight excluding hydrogens is 266 g/mol. The number of nitrogens with one attached hydrogen (secondary N) is 1. The van der Waals surface area contributed by atoms with Crippen molar-refractivity contribution in [3.8, 4) is 0 Å². The normalized spacial score (nSPS) is 20.6. The number of nitrogens with zero attached hydrogens (tertiary/aromatic N) is 2. The third-order valence-electron chi connectivity index (χ3n) is 2.04. The molecule has 1 aromatic rings. The highest BCUT2D eigenvalue weighted by Gasteiger charge is 2.16. The Hall–Kier alpha value is -0.470. The molecule has 0 spiro atoms. The summed E-state index contributed by atoms with van der Waals surface area (Å²) in [5, 5.41) is 14.9. The summed E-state index contributed by atoms with van der Waals surface area (Å²) in [4.78, 5) is 14.0. The largest absolute Gasteiger partial charge is 0.360 e. The van der Waals surface area contributed by atoms with Crippen molar-refractivity contribution in [1.82, 2.24) is 4.98 Å². The minimum Gasteiger partial charge on any atom is -0.360 e. The summed E-state index contributed by atoms with van der Waals surface area (Å²) in [5.74, 6) is 3.56. The first-order valence-corrected chi connectivity index (χ1v) is 7.81. The van der Waals surface area contributed by atoms with Crippen LogP contribution in [0.5, 0.6) is 0 Å². The van der Waals surface area contributed by atoms with Gasteiger partial charge in [0.05, 0.1) is 4.92 Å². The molecule has 0 saturated carbocycles. The van der Waals surface area contributed by atoms with Gasteiger partial charge >= 0.3 is 5.00 Å². The molecule has 0 bridgehead atoms. The molecule has 2 rings (SSSR count). The lowest BCUT2D eigenvalue weighted by atomic mass is 10.5. The van der Waals surface area contributed by atoms with Gasteiger partial charge in [-0.3, -0.25) is 10.1 Å². The molecule has 0 aromatic carbocycles. The van der Waals surface area contributed by atoms with E-state index in [-0.39, 0.29) is 5.00 Å². The van der Waals surface area contributed by atoms with Gasteiger partial charge in [0.2, 0.25) is 0 Å². The van der Waals surface area contributed by atoms with E-state index in [0.717, 1.165) is 23.6 Å². The molecule has 0 amide bonds. The number of nitro groups is 1. The van der Waals surface area contributed by atoms with Crippen LogP contribution in [0.2, 0.25) is 0 Å². The van der Waals surface area contributed by atoms with Crippen LogP contribution in [0, 0.1) is 10.1 Å². The van der Waals surface area contributed by atoms with E-state index in [2.05, 4.69) is 10.3 Å². The molecule has 1 aliphatic rings. The van der Waals surface area contributed by atoms with Gasteiger partial charge in [0.1, 0.15) is 6.20 Å². The minimum atomic E-state index is -0.409. The van der Waals surface area contributed by atoms with Crippen LogP contribution < -0.4 is 5.32 Å². The van der Waals surface area contributed by atoms with Crippen molar-refractivity contribution < 1.29 is 4.92 Å². The first-order valence-electron chi connectivity index (χ1n) is 4.79. The fourth-order valence-corrected chi connectivity index (χ4v) is 4.54. The second kappa shape index (κ2) is 5.74. The predicted octanol–water partition coefficient (Wildman–Crippen LogP) is 2.31. The van der Waals surface area contributed by atoms with Crippen molar-refractivity contribution in [3.05, 3.63) is 16.3 Å². The number of hydrogen-bond donors (Lipinski definition) is 1. The molecule has 0 aliphatic carbocycles. The van der Waals surface area contributed by atoms with Crippen molar-refractivity contribution in [2.75, 3.05) is 29.1 Å². The summed E-state index contributed by atoms with van der Waals surface area (Å²) < 4.78 is 0. The summed E-state index contributed by atoms with van der Waals surface area (Å²) >= 11 is 5.01. The Morgan fingerprint density at radius 2 is 2.50 bits per heavy atom. The molecule has 0 radical (unpaired) electrons. The number of anilines is 1. The monoisotopic (exact) mass is 277 g/mol. The van der Waals surface area contributed by atoms with E-state index >= 15 is 0 Å². The molecule has 1 fully saturated rings. The van der Waals surface area contributed by atoms with E-state index in [0.29, 0.717) is 10.4 Å². The molecule has 8 heteroatoms. The van der Waals surface area contributed by atoms with Crippen LogP contribution >= 0.6 is 34.9 Å². The van der Waals surface area contributed by atoms with Gasteiger partial charge in [0.25, 0.3) is 0 Å². The second-order valence-electron chi connectivity index (χ2n) is 3.21. The smallest absolute Gasteiger partial charge is 0.345 e. The van der Waals surface area contributed by atoms with Crippen LogP contribution in [-0.2, 0) is 0 Å². The first kappa shape index (κ1) is 12.0. The maximum Gasteiger partial charge on any atom is 0.345 e. The minimum absolute atomic E-state index is 0.0909. The van der Waals surface area contributed by atoms with Crippen molar-refractivity contribution >= 4 is 45.0 Å². The van der Waals surface area contributed by atoms with Crippen molar-refractivity contribution in [2.24, 2.45) is 0 Å². The molecule has 1 unspecified atom stereocenters. The molecule has 1 N–H and O–H groups in total. The zero-order valence-corrected chi connectivity index (χ0v) is 10.9. The Balaban J connectivity index is 1.81. The second-order valence-corrected chi connectivity index (χ2v) is 6.78. The first-order chi connectivity index (χ1) is 7.75. The van der Waals surface area contributed by atoms with Crippen LogP contribution in [0.15, 0.2) is 6.20 Å². The highest BCUT2D eigenvalue weighted by Crippen LogP contribution is 2.27. The van der Waals surface area contributed by atoms with Crippen LogP contribution in [0.25, 0.3) is 0 Å². The fourth-order valence-electron chi connectivity index (χ4n) is 1.29. The topological polar surface area (TPSA) is 68.1 Å². The summed E-state index contributed by atoms with van der Waals surface area (Å²) in [5.41, 5.74) is 0. The molecular formula is C8H11N3O2S3. The lowest BCUT2D eigenvalue weighted by Crippen LogP contribution is -2.23. The van der Waals surface area contributed by atoms with Crippen molar-refractivity contribution in [1.29, 1.82) is 0 Å². The third-order valence-corrected chi connectivity index (χ3v) is 5.79. The van der Waals surface area contributed by atoms with Gasteiger partial charge in [-0.25, -0.2) is 4.98 Å². The number of thiazole rings is 1. The Bertz CT molecular complexity index is 365. The molecule has 1 atom stereocenters. The average molecular weight is 277 g/mol. The number of thioether (sulfide) groups is 2. The molecule has 1 aliphatic heterocycles. The van der Waals surface area contributed by atoms with Gasteiger partial charge in [-0.15, -0.1) is 0 Å². The van der Waals surface area contributed by atoms with Crippen molar-refractivity contribution in [3.63, 3.8) is 0 Å². The van der Waals surface area contributed by atoms with E-state index in [1.807, 2.05) is 23.5 Å². The highest BCUT2D eigenvalue weighted by atomic mass is 32.2. The van der Waals surface area contributed by atoms with Gasteiger partial charge in [-0.2, -0.15) is 23.5 Å². The average Bonchev–Trinajstić information content (AvgIpc) is 2.76. The molecule has 1 saturated heterocycles. The zero-order chi connectivity index (χ0) is 11.4. The third kappa shape index (κ3) is 3.26. The van der Waals surface area contributed by atoms with Crippen LogP contribution in [-0.4, -0.2) is 39.0 Å². The molecule has 88 valence electrons. The highest BCUT2D eigenvalue weighted by molar-refractivity contribution is 8.06. The Kier molecular flexibility index (Phi) is 4.30. The Morgan fingerprint density at radius 3 is 3.12 bits per heavy atom.